The van der Waals surface area contributed by atoms with Gasteiger partial charge in [-0.1, -0.05) is 57.2 Å². The van der Waals surface area contributed by atoms with E-state index in [4.69, 9.17) is 4.98 Å². The molecular weight excluding hydrogens is 482 g/mol. The van der Waals surface area contributed by atoms with Crippen LogP contribution in [-0.2, 0) is 40.7 Å². The van der Waals surface area contributed by atoms with E-state index in [0.717, 1.165) is 29.9 Å². The zero-order valence-corrected chi connectivity index (χ0v) is 21.8. The maximum Gasteiger partial charge on any atom is 0.230 e. The van der Waals surface area contributed by atoms with E-state index >= 15 is 0 Å². The number of amides is 1. The quantitative estimate of drug-likeness (QED) is 0.442. The molecule has 0 spiro atoms. The summed E-state index contributed by atoms with van der Waals surface area (Å²) in [4.78, 5) is 21.3. The maximum atomic E-state index is 12.6. The fraction of sp³-hybridized carbons (Fsp3) is 0.385. The lowest BCUT2D eigenvalue weighted by atomic mass is 10.0. The first-order chi connectivity index (χ1) is 16.7. The Balaban J connectivity index is 1.41. The number of hydrogen-bond donors (Lipinski definition) is 2. The van der Waals surface area contributed by atoms with Crippen molar-refractivity contribution < 1.29 is 18.3 Å². The fourth-order valence-corrected chi connectivity index (χ4v) is 6.35. The van der Waals surface area contributed by atoms with Crippen LogP contribution in [0, 0.1) is 5.92 Å². The van der Waals surface area contributed by atoms with Gasteiger partial charge in [0.05, 0.1) is 35.4 Å². The molecule has 35 heavy (non-hydrogen) atoms. The number of fused-ring (bicyclic) bond motifs is 1. The summed E-state index contributed by atoms with van der Waals surface area (Å²) >= 11 is 1.51. The summed E-state index contributed by atoms with van der Waals surface area (Å²) in [6.07, 6.45) is 0.153. The van der Waals surface area contributed by atoms with E-state index in [9.17, 15) is 18.3 Å². The van der Waals surface area contributed by atoms with Crippen LogP contribution in [0.4, 0.5) is 5.13 Å². The lowest BCUT2D eigenvalue weighted by Gasteiger charge is -2.27. The van der Waals surface area contributed by atoms with Crippen molar-refractivity contribution in [2.75, 3.05) is 11.1 Å². The van der Waals surface area contributed by atoms with Crippen molar-refractivity contribution in [3.05, 3.63) is 75.8 Å². The zero-order chi connectivity index (χ0) is 25.2. The molecule has 0 fully saturated rings. The van der Waals surface area contributed by atoms with Crippen molar-refractivity contribution in [2.24, 2.45) is 5.92 Å². The minimum atomic E-state index is -3.25. The highest BCUT2D eigenvalue weighted by Crippen LogP contribution is 2.43. The molecule has 2 heterocycles. The van der Waals surface area contributed by atoms with E-state index in [1.807, 2.05) is 12.1 Å². The molecule has 0 radical (unpaired) electrons. The molecule has 0 aliphatic carbocycles. The highest BCUT2D eigenvalue weighted by Gasteiger charge is 2.36. The predicted octanol–water partition coefficient (Wildman–Crippen LogP) is 4.32. The lowest BCUT2D eigenvalue weighted by Crippen LogP contribution is -2.26. The number of thiazole rings is 1. The summed E-state index contributed by atoms with van der Waals surface area (Å²) in [6.45, 7) is 7.59. The molecule has 186 valence electrons. The molecule has 1 aliphatic heterocycles. The summed E-state index contributed by atoms with van der Waals surface area (Å²) in [5.41, 5.74) is 3.87. The highest BCUT2D eigenvalue weighted by molar-refractivity contribution is 7.91. The Labute approximate surface area is 210 Å². The van der Waals surface area contributed by atoms with Crippen molar-refractivity contribution in [1.29, 1.82) is 0 Å². The van der Waals surface area contributed by atoms with Gasteiger partial charge in [-0.15, -0.1) is 11.3 Å². The Bertz CT molecular complexity index is 1280. The van der Waals surface area contributed by atoms with Gasteiger partial charge in [-0.3, -0.25) is 9.69 Å². The van der Waals surface area contributed by atoms with Gasteiger partial charge in [-0.2, -0.15) is 0 Å². The van der Waals surface area contributed by atoms with Gasteiger partial charge in [0.2, 0.25) is 5.91 Å². The molecule has 2 aromatic carbocycles. The average molecular weight is 514 g/mol. The number of hydrogen-bond acceptors (Lipinski definition) is 7. The molecule has 0 bridgehead atoms. The normalized spacial score (nSPS) is 16.0. The standard InChI is InChI=1S/C26H31N3O4S2/c1-4-35(32,33)21-11-9-18(10-12-21)13-23(31)27-26-28-24-22(34-26)15-29(25(24)17(2)3)14-19-5-7-20(16-30)8-6-19/h5-12,17,25,30H,4,13-16H2,1-3H3,(H,27,28,31)/t25-/m0/s1. The van der Waals surface area contributed by atoms with E-state index in [0.29, 0.717) is 11.0 Å². The van der Waals surface area contributed by atoms with Crippen molar-refractivity contribution >= 4 is 32.2 Å². The first kappa shape index (κ1) is 25.5. The first-order valence-electron chi connectivity index (χ1n) is 11.7. The number of rotatable bonds is 9. The van der Waals surface area contributed by atoms with E-state index in [1.165, 1.54) is 21.8 Å². The Morgan fingerprint density at radius 2 is 1.74 bits per heavy atom. The van der Waals surface area contributed by atoms with Gasteiger partial charge in [0.25, 0.3) is 0 Å². The molecule has 3 aromatic rings. The SMILES string of the molecule is CCS(=O)(=O)c1ccc(CC(=O)Nc2nc3c(s2)CN(Cc2ccc(CO)cc2)[C@H]3C(C)C)cc1. The second kappa shape index (κ2) is 10.6. The number of aliphatic hydroxyl groups excluding tert-OH is 1. The number of aromatic nitrogens is 1. The average Bonchev–Trinajstić information content (AvgIpc) is 3.36. The van der Waals surface area contributed by atoms with Gasteiger partial charge < -0.3 is 10.4 Å². The van der Waals surface area contributed by atoms with Crippen LogP contribution >= 0.6 is 11.3 Å². The van der Waals surface area contributed by atoms with E-state index in [-0.39, 0.29) is 35.6 Å². The monoisotopic (exact) mass is 513 g/mol. The fourth-order valence-electron chi connectivity index (χ4n) is 4.42. The van der Waals surface area contributed by atoms with Crippen LogP contribution in [0.2, 0.25) is 0 Å². The first-order valence-corrected chi connectivity index (χ1v) is 14.2. The molecule has 1 aliphatic rings. The third-order valence-corrected chi connectivity index (χ3v) is 8.97. The van der Waals surface area contributed by atoms with Crippen molar-refractivity contribution in [3.63, 3.8) is 0 Å². The van der Waals surface area contributed by atoms with Gasteiger partial charge in [0, 0.05) is 18.0 Å². The summed E-state index contributed by atoms with van der Waals surface area (Å²) in [5, 5.41) is 12.8. The third-order valence-electron chi connectivity index (χ3n) is 6.24. The summed E-state index contributed by atoms with van der Waals surface area (Å²) in [6, 6.07) is 14.7. The highest BCUT2D eigenvalue weighted by atomic mass is 32.2. The molecular formula is C26H31N3O4S2. The number of sulfone groups is 1. The molecule has 0 saturated heterocycles. The summed E-state index contributed by atoms with van der Waals surface area (Å²) in [5.74, 6) is 0.230. The number of benzene rings is 2. The van der Waals surface area contributed by atoms with Crippen LogP contribution in [-0.4, -0.2) is 35.1 Å². The molecule has 0 saturated carbocycles. The second-order valence-corrected chi connectivity index (χ2v) is 12.5. The van der Waals surface area contributed by atoms with E-state index in [1.54, 1.807) is 31.2 Å². The van der Waals surface area contributed by atoms with Crippen LogP contribution in [0.25, 0.3) is 0 Å². The number of nitrogens with zero attached hydrogens (tertiary/aromatic N) is 2. The molecule has 9 heteroatoms. The number of nitrogens with one attached hydrogen (secondary N) is 1. The Kier molecular flexibility index (Phi) is 7.70. The molecule has 0 unspecified atom stereocenters. The topological polar surface area (TPSA) is 99.6 Å². The van der Waals surface area contributed by atoms with Gasteiger partial charge in [0.1, 0.15) is 0 Å². The number of aliphatic hydroxyl groups is 1. The second-order valence-electron chi connectivity index (χ2n) is 9.17. The third kappa shape index (κ3) is 5.81. The molecule has 1 atom stereocenters. The van der Waals surface area contributed by atoms with E-state index in [2.05, 4.69) is 36.2 Å². The van der Waals surface area contributed by atoms with Crippen LogP contribution < -0.4 is 5.32 Å². The van der Waals surface area contributed by atoms with Crippen molar-refractivity contribution in [1.82, 2.24) is 9.88 Å². The number of carbonyl (C=O) groups excluding carboxylic acids is 1. The molecule has 1 aromatic heterocycles. The van der Waals surface area contributed by atoms with E-state index < -0.39 is 9.84 Å². The van der Waals surface area contributed by atoms with Crippen LogP contribution in [0.5, 0.6) is 0 Å². The van der Waals surface area contributed by atoms with Crippen molar-refractivity contribution in [2.45, 2.75) is 57.8 Å². The van der Waals surface area contributed by atoms with Crippen molar-refractivity contribution in [3.8, 4) is 0 Å². The van der Waals surface area contributed by atoms with Gasteiger partial charge in [-0.25, -0.2) is 13.4 Å². The minimum absolute atomic E-state index is 0.0421. The number of carbonyl (C=O) groups is 1. The molecule has 1 amide bonds. The molecule has 4 rings (SSSR count). The predicted molar refractivity (Wildman–Crippen MR) is 138 cm³/mol. The van der Waals surface area contributed by atoms with Gasteiger partial charge in [0.15, 0.2) is 15.0 Å². The Morgan fingerprint density at radius 1 is 1.11 bits per heavy atom. The molecule has 2 N–H and O–H groups in total. The van der Waals surface area contributed by atoms with Gasteiger partial charge in [-0.05, 0) is 34.7 Å². The Morgan fingerprint density at radius 3 is 2.34 bits per heavy atom. The minimum Gasteiger partial charge on any atom is -0.392 e. The largest absolute Gasteiger partial charge is 0.392 e. The summed E-state index contributed by atoms with van der Waals surface area (Å²) in [7, 11) is -3.25. The lowest BCUT2D eigenvalue weighted by molar-refractivity contribution is -0.115. The smallest absolute Gasteiger partial charge is 0.230 e. The maximum absolute atomic E-state index is 12.6. The van der Waals surface area contributed by atoms with Gasteiger partial charge >= 0.3 is 0 Å². The van der Waals surface area contributed by atoms with Crippen LogP contribution in [0.3, 0.4) is 0 Å². The molecule has 7 nitrogen and oxygen atoms in total. The number of anilines is 1. The summed E-state index contributed by atoms with van der Waals surface area (Å²) < 4.78 is 23.9. The Hall–Kier alpha value is -2.59. The van der Waals surface area contributed by atoms with Crippen LogP contribution in [0.15, 0.2) is 53.4 Å². The van der Waals surface area contributed by atoms with Crippen LogP contribution in [0.1, 0.15) is 54.1 Å². The zero-order valence-electron chi connectivity index (χ0n) is 20.2.